The summed E-state index contributed by atoms with van der Waals surface area (Å²) in [6, 6.07) is 4.59. The minimum absolute atomic E-state index is 0.00481. The van der Waals surface area contributed by atoms with Crippen molar-refractivity contribution in [3.8, 4) is 11.5 Å². The van der Waals surface area contributed by atoms with Gasteiger partial charge < -0.3 is 54.7 Å². The van der Waals surface area contributed by atoms with Gasteiger partial charge in [-0.3, -0.25) is 0 Å². The zero-order chi connectivity index (χ0) is 22.7. The molecule has 1 aromatic rings. The van der Waals surface area contributed by atoms with Crippen molar-refractivity contribution in [2.75, 3.05) is 13.2 Å². The summed E-state index contributed by atoms with van der Waals surface area (Å²) in [6.45, 7) is 2.96. The van der Waals surface area contributed by atoms with E-state index in [0.29, 0.717) is 6.42 Å². The van der Waals surface area contributed by atoms with Crippen LogP contribution in [0, 0.1) is 0 Å². The Balaban J connectivity index is 1.66. The Bertz CT molecular complexity index is 744. The van der Waals surface area contributed by atoms with E-state index < -0.39 is 61.9 Å². The molecule has 0 radical (unpaired) electrons. The molecule has 174 valence electrons. The van der Waals surface area contributed by atoms with Gasteiger partial charge in [0.1, 0.15) is 42.7 Å². The fourth-order valence-electron chi connectivity index (χ4n) is 3.34. The number of aliphatic hydroxyl groups excluding tert-OH is 6. The van der Waals surface area contributed by atoms with Gasteiger partial charge in [-0.1, -0.05) is 12.1 Å². The van der Waals surface area contributed by atoms with Crippen LogP contribution in [0.3, 0.4) is 0 Å². The van der Waals surface area contributed by atoms with Crippen LogP contribution in [-0.4, -0.2) is 104 Å². The van der Waals surface area contributed by atoms with Crippen molar-refractivity contribution in [2.24, 2.45) is 0 Å². The monoisotopic (exact) mass is 444 g/mol. The molecule has 0 amide bonds. The Morgan fingerprint density at radius 3 is 2.39 bits per heavy atom. The number of phenols is 1. The maximum absolute atomic E-state index is 10.2. The van der Waals surface area contributed by atoms with Crippen molar-refractivity contribution in [1.82, 2.24) is 0 Å². The zero-order valence-corrected chi connectivity index (χ0v) is 16.6. The summed E-state index contributed by atoms with van der Waals surface area (Å²) in [5.41, 5.74) is 0.776. The van der Waals surface area contributed by atoms with Gasteiger partial charge in [-0.25, -0.2) is 0 Å². The van der Waals surface area contributed by atoms with Crippen LogP contribution < -0.4 is 4.74 Å². The Hall–Kier alpha value is -1.80. The predicted molar refractivity (Wildman–Crippen MR) is 103 cm³/mol. The van der Waals surface area contributed by atoms with E-state index in [2.05, 4.69) is 6.58 Å². The van der Waals surface area contributed by atoms with E-state index in [4.69, 9.17) is 18.9 Å². The van der Waals surface area contributed by atoms with Gasteiger partial charge in [0.05, 0.1) is 13.2 Å². The molecule has 9 atom stereocenters. The Morgan fingerprint density at radius 1 is 0.968 bits per heavy atom. The molecule has 1 aromatic carbocycles. The molecule has 7 N–H and O–H groups in total. The molecular formula is C20H28O11. The minimum Gasteiger partial charge on any atom is -0.504 e. The molecule has 11 nitrogen and oxygen atoms in total. The molecule has 0 unspecified atom stereocenters. The fourth-order valence-corrected chi connectivity index (χ4v) is 3.34. The van der Waals surface area contributed by atoms with E-state index >= 15 is 0 Å². The summed E-state index contributed by atoms with van der Waals surface area (Å²) >= 11 is 0. The molecule has 2 heterocycles. The van der Waals surface area contributed by atoms with Gasteiger partial charge in [-0.15, -0.1) is 6.58 Å². The van der Waals surface area contributed by atoms with Gasteiger partial charge in [0.2, 0.25) is 6.29 Å². The van der Waals surface area contributed by atoms with Gasteiger partial charge >= 0.3 is 0 Å². The topological polar surface area (TPSA) is 179 Å². The average Bonchev–Trinajstić information content (AvgIpc) is 2.75. The molecule has 0 spiro atoms. The molecule has 3 rings (SSSR count). The molecule has 0 aromatic heterocycles. The van der Waals surface area contributed by atoms with Gasteiger partial charge in [0.15, 0.2) is 17.8 Å². The Kier molecular flexibility index (Phi) is 7.86. The highest BCUT2D eigenvalue weighted by molar-refractivity contribution is 5.42. The van der Waals surface area contributed by atoms with Crippen LogP contribution in [-0.2, 0) is 20.6 Å². The van der Waals surface area contributed by atoms with Crippen LogP contribution >= 0.6 is 0 Å². The smallest absolute Gasteiger partial charge is 0.229 e. The first-order valence-corrected chi connectivity index (χ1v) is 9.79. The van der Waals surface area contributed by atoms with Crippen LogP contribution in [0.15, 0.2) is 30.9 Å². The summed E-state index contributed by atoms with van der Waals surface area (Å²) in [5, 5.41) is 69.8. The SMILES string of the molecule is C=CCc1ccc(O)c(O[C@@H]2O[C@H](CO[C@@H]3OC[C@@H](O)[C@H](O)[C@H]3O)[C@@H](O)[C@H](O)[C@H]2O)c1. The fraction of sp³-hybridized carbons (Fsp3) is 0.600. The summed E-state index contributed by atoms with van der Waals surface area (Å²) in [5.74, 6) is -0.224. The van der Waals surface area contributed by atoms with Crippen LogP contribution in [0.5, 0.6) is 11.5 Å². The number of hydrogen-bond acceptors (Lipinski definition) is 11. The molecule has 31 heavy (non-hydrogen) atoms. The van der Waals surface area contributed by atoms with Crippen molar-refractivity contribution in [1.29, 1.82) is 0 Å². The average molecular weight is 444 g/mol. The number of rotatable bonds is 7. The second-order valence-corrected chi connectivity index (χ2v) is 7.51. The second-order valence-electron chi connectivity index (χ2n) is 7.51. The third kappa shape index (κ3) is 5.34. The van der Waals surface area contributed by atoms with E-state index in [1.165, 1.54) is 12.1 Å². The molecule has 2 fully saturated rings. The van der Waals surface area contributed by atoms with E-state index in [1.54, 1.807) is 12.1 Å². The highest BCUT2D eigenvalue weighted by atomic mass is 16.7. The highest BCUT2D eigenvalue weighted by Gasteiger charge is 2.46. The standard InChI is InChI=1S/C20H28O11/c1-2-3-9-4-5-10(21)12(6-9)30-20-18(27)16(25)15(24)13(31-20)8-29-19-17(26)14(23)11(22)7-28-19/h2,4-6,11,13-27H,1,3,7-8H2/t11-,13-,14+,15-,16+,17-,18-,19+,20-/m1/s1. The second kappa shape index (κ2) is 10.2. The highest BCUT2D eigenvalue weighted by Crippen LogP contribution is 2.32. The number of allylic oxidation sites excluding steroid dienone is 1. The molecule has 11 heteroatoms. The third-order valence-corrected chi connectivity index (χ3v) is 5.19. The van der Waals surface area contributed by atoms with E-state index in [9.17, 15) is 35.7 Å². The number of benzene rings is 1. The largest absolute Gasteiger partial charge is 0.504 e. The van der Waals surface area contributed by atoms with Crippen LogP contribution in [0.2, 0.25) is 0 Å². The lowest BCUT2D eigenvalue weighted by Crippen LogP contribution is -2.61. The van der Waals surface area contributed by atoms with E-state index in [-0.39, 0.29) is 18.1 Å². The summed E-state index contributed by atoms with van der Waals surface area (Å²) in [7, 11) is 0. The molecule has 0 bridgehead atoms. The van der Waals surface area contributed by atoms with Gasteiger partial charge in [-0.2, -0.15) is 0 Å². The van der Waals surface area contributed by atoms with Crippen molar-refractivity contribution < 1.29 is 54.7 Å². The Morgan fingerprint density at radius 2 is 1.68 bits per heavy atom. The van der Waals surface area contributed by atoms with E-state index in [0.717, 1.165) is 5.56 Å². The maximum Gasteiger partial charge on any atom is 0.229 e. The lowest BCUT2D eigenvalue weighted by Gasteiger charge is -2.41. The molecule has 2 saturated heterocycles. The lowest BCUT2D eigenvalue weighted by molar-refractivity contribution is -0.307. The summed E-state index contributed by atoms with van der Waals surface area (Å²) < 4.78 is 21.5. The molecular weight excluding hydrogens is 416 g/mol. The first-order chi connectivity index (χ1) is 14.7. The number of aliphatic hydroxyl groups is 6. The summed E-state index contributed by atoms with van der Waals surface area (Å²) in [6.07, 6.45) is -11.0. The van der Waals surface area contributed by atoms with Gasteiger partial charge in [0.25, 0.3) is 0 Å². The normalized spacial score (nSPS) is 38.6. The number of hydrogen-bond donors (Lipinski definition) is 7. The third-order valence-electron chi connectivity index (χ3n) is 5.19. The van der Waals surface area contributed by atoms with Gasteiger partial charge in [0, 0.05) is 0 Å². The Labute approximate surface area is 178 Å². The zero-order valence-electron chi connectivity index (χ0n) is 16.6. The van der Waals surface area contributed by atoms with Crippen molar-refractivity contribution >= 4 is 0 Å². The number of aromatic hydroxyl groups is 1. The molecule has 0 saturated carbocycles. The molecule has 0 aliphatic carbocycles. The molecule has 2 aliphatic rings. The number of ether oxygens (including phenoxy) is 4. The quantitative estimate of drug-likeness (QED) is 0.226. The predicted octanol–water partition coefficient (Wildman–Crippen LogP) is -2.24. The van der Waals surface area contributed by atoms with Crippen LogP contribution in [0.1, 0.15) is 5.56 Å². The maximum atomic E-state index is 10.2. The van der Waals surface area contributed by atoms with E-state index in [1.807, 2.05) is 0 Å². The van der Waals surface area contributed by atoms with Crippen molar-refractivity contribution in [2.45, 2.75) is 61.7 Å². The first-order valence-electron chi connectivity index (χ1n) is 9.79. The lowest BCUT2D eigenvalue weighted by atomic mass is 9.99. The number of phenolic OH excluding ortho intramolecular Hbond substituents is 1. The van der Waals surface area contributed by atoms with Crippen LogP contribution in [0.4, 0.5) is 0 Å². The minimum atomic E-state index is -1.66. The summed E-state index contributed by atoms with van der Waals surface area (Å²) in [4.78, 5) is 0. The van der Waals surface area contributed by atoms with Gasteiger partial charge in [-0.05, 0) is 24.1 Å². The van der Waals surface area contributed by atoms with Crippen LogP contribution in [0.25, 0.3) is 0 Å². The van der Waals surface area contributed by atoms with Crippen molar-refractivity contribution in [3.63, 3.8) is 0 Å². The van der Waals surface area contributed by atoms with Crippen molar-refractivity contribution in [3.05, 3.63) is 36.4 Å². The molecule has 2 aliphatic heterocycles. The first kappa shape index (κ1) is 23.9.